The molecule has 3 aromatic rings. The van der Waals surface area contributed by atoms with Crippen LogP contribution < -0.4 is 15.4 Å². The van der Waals surface area contributed by atoms with Crippen molar-refractivity contribution in [2.45, 2.75) is 45.5 Å². The van der Waals surface area contributed by atoms with E-state index >= 15 is 0 Å². The number of nitrogens with two attached hydrogens (primary N) is 1. The highest BCUT2D eigenvalue weighted by molar-refractivity contribution is 5.96. The number of likely N-dealkylation sites (tertiary alicyclic amines) is 1. The number of hydrogen-bond acceptors (Lipinski definition) is 6. The Morgan fingerprint density at radius 1 is 1.02 bits per heavy atom. The van der Waals surface area contributed by atoms with Gasteiger partial charge in [-0.15, -0.1) is 0 Å². The number of nitrogens with one attached hydrogen (secondary N) is 2. The number of carbonyl (C=O) groups is 1. The molecular formula is C32H36F3N5O3. The molecule has 0 atom stereocenters. The van der Waals surface area contributed by atoms with Crippen LogP contribution in [0.1, 0.15) is 43.4 Å². The highest BCUT2D eigenvalue weighted by atomic mass is 19.4. The largest absolute Gasteiger partial charge is 0.490 e. The summed E-state index contributed by atoms with van der Waals surface area (Å²) in [5.41, 5.74) is 7.93. The summed E-state index contributed by atoms with van der Waals surface area (Å²) < 4.78 is 53.9. The van der Waals surface area contributed by atoms with E-state index in [-0.39, 0.29) is 37.0 Å². The quantitative estimate of drug-likeness (QED) is 0.149. The van der Waals surface area contributed by atoms with Gasteiger partial charge >= 0.3 is 12.1 Å². The highest BCUT2D eigenvalue weighted by Gasteiger charge is 2.36. The van der Waals surface area contributed by atoms with Gasteiger partial charge in [0.1, 0.15) is 24.2 Å². The van der Waals surface area contributed by atoms with Crippen LogP contribution in [0.5, 0.6) is 5.75 Å². The molecule has 0 spiro atoms. The first-order valence-electron chi connectivity index (χ1n) is 14.1. The summed E-state index contributed by atoms with van der Waals surface area (Å²) in [5.74, 6) is -0.450. The second-order valence-electron chi connectivity index (χ2n) is 10.4. The van der Waals surface area contributed by atoms with Crippen molar-refractivity contribution in [2.75, 3.05) is 31.1 Å². The second-order valence-corrected chi connectivity index (χ2v) is 10.4. The van der Waals surface area contributed by atoms with E-state index < -0.39 is 23.8 Å². The average molecular weight is 596 g/mol. The smallest absolute Gasteiger partial charge is 0.420 e. The van der Waals surface area contributed by atoms with Crippen LogP contribution in [0.4, 0.5) is 18.9 Å². The van der Waals surface area contributed by atoms with Crippen LogP contribution in [0.2, 0.25) is 0 Å². The second kappa shape index (κ2) is 13.6. The fraction of sp³-hybridized carbons (Fsp3) is 0.344. The van der Waals surface area contributed by atoms with E-state index in [0.29, 0.717) is 37.3 Å². The number of carbonyl (C=O) groups excluding carboxylic acids is 1. The molecule has 4 rings (SSSR count). The maximum absolute atomic E-state index is 14.3. The molecule has 1 saturated heterocycles. The Kier molecular flexibility index (Phi) is 9.95. The van der Waals surface area contributed by atoms with Crippen molar-refractivity contribution in [3.8, 4) is 16.9 Å². The minimum atomic E-state index is -4.69. The number of benzene rings is 3. The fourth-order valence-corrected chi connectivity index (χ4v) is 5.06. The Bertz CT molecular complexity index is 1470. The summed E-state index contributed by atoms with van der Waals surface area (Å²) in [6.07, 6.45) is -4.07. The number of ether oxygens (including phenoxy) is 2. The van der Waals surface area contributed by atoms with Crippen molar-refractivity contribution in [1.82, 2.24) is 4.90 Å². The number of anilines is 1. The number of rotatable bonds is 10. The molecule has 0 unspecified atom stereocenters. The predicted molar refractivity (Wildman–Crippen MR) is 161 cm³/mol. The van der Waals surface area contributed by atoms with E-state index in [1.807, 2.05) is 35.2 Å². The molecule has 0 aromatic heterocycles. The third-order valence-electron chi connectivity index (χ3n) is 7.28. The Labute approximate surface area is 249 Å². The summed E-state index contributed by atoms with van der Waals surface area (Å²) in [6, 6.07) is 18.5. The molecule has 4 N–H and O–H groups in total. The van der Waals surface area contributed by atoms with E-state index in [1.54, 1.807) is 36.9 Å². The number of alkyl halides is 3. The van der Waals surface area contributed by atoms with Crippen molar-refractivity contribution in [3.05, 3.63) is 83.4 Å². The van der Waals surface area contributed by atoms with Crippen LogP contribution in [0.3, 0.4) is 0 Å². The third kappa shape index (κ3) is 8.27. The number of amidine groups is 2. The number of hydrogen-bond donors (Lipinski definition) is 3. The van der Waals surface area contributed by atoms with Crippen molar-refractivity contribution >= 4 is 23.3 Å². The Balaban J connectivity index is 1.63. The van der Waals surface area contributed by atoms with Gasteiger partial charge in [0.25, 0.3) is 0 Å². The third-order valence-corrected chi connectivity index (χ3v) is 7.28. The lowest BCUT2D eigenvalue weighted by atomic mass is 10.0. The molecule has 0 saturated carbocycles. The molecule has 11 heteroatoms. The SMILES string of the molecule is CCOC(=O)CN(Cc1cccc(-c2cccc(C(=N)N)c2)c1)c1ccc(OC2CCN(C(C)=N)CC2)c(C(F)(F)F)c1. The van der Waals surface area contributed by atoms with Gasteiger partial charge in [-0.25, -0.2) is 0 Å². The first-order chi connectivity index (χ1) is 20.4. The summed E-state index contributed by atoms with van der Waals surface area (Å²) in [4.78, 5) is 16.0. The fourth-order valence-electron chi connectivity index (χ4n) is 5.06. The lowest BCUT2D eigenvalue weighted by molar-refractivity contribution is -0.141. The molecule has 0 amide bonds. The number of piperidine rings is 1. The minimum absolute atomic E-state index is 0.0570. The number of nitrogen functional groups attached to an aromatic ring is 1. The Morgan fingerprint density at radius 3 is 2.33 bits per heavy atom. The lowest BCUT2D eigenvalue weighted by Gasteiger charge is -2.33. The van der Waals surface area contributed by atoms with Crippen LogP contribution in [-0.4, -0.2) is 54.9 Å². The minimum Gasteiger partial charge on any atom is -0.490 e. The summed E-state index contributed by atoms with van der Waals surface area (Å²) in [6.45, 7) is 4.48. The summed E-state index contributed by atoms with van der Waals surface area (Å²) in [5, 5.41) is 15.5. The van der Waals surface area contributed by atoms with Crippen LogP contribution >= 0.6 is 0 Å². The van der Waals surface area contributed by atoms with E-state index in [9.17, 15) is 18.0 Å². The van der Waals surface area contributed by atoms with Crippen LogP contribution in [0, 0.1) is 10.8 Å². The van der Waals surface area contributed by atoms with Gasteiger partial charge in [-0.3, -0.25) is 15.6 Å². The monoisotopic (exact) mass is 595 g/mol. The summed E-state index contributed by atoms with van der Waals surface area (Å²) in [7, 11) is 0. The number of nitrogens with zero attached hydrogens (tertiary/aromatic N) is 2. The Morgan fingerprint density at radius 2 is 1.70 bits per heavy atom. The maximum atomic E-state index is 14.3. The van der Waals surface area contributed by atoms with Gasteiger partial charge in [0.15, 0.2) is 0 Å². The van der Waals surface area contributed by atoms with E-state index in [1.165, 1.54) is 12.1 Å². The van der Waals surface area contributed by atoms with Crippen molar-refractivity contribution in [1.29, 1.82) is 10.8 Å². The van der Waals surface area contributed by atoms with Gasteiger partial charge < -0.3 is 25.0 Å². The molecule has 0 aliphatic carbocycles. The first kappa shape index (κ1) is 31.4. The van der Waals surface area contributed by atoms with Crippen LogP contribution in [0.15, 0.2) is 66.7 Å². The van der Waals surface area contributed by atoms with Gasteiger partial charge in [0, 0.05) is 43.7 Å². The van der Waals surface area contributed by atoms with E-state index in [4.69, 9.17) is 26.0 Å². The molecule has 0 bridgehead atoms. The standard InChI is InChI=1S/C32H36F3N5O3/c1-3-42-30(41)20-40(19-22-6-4-7-23(16-22)24-8-5-9-25(17-24)31(37)38)26-10-11-29(28(18-26)32(33,34)35)43-27-12-14-39(15-13-27)21(2)36/h4-11,16-18,27,36H,3,12-15,19-20H2,1-2H3,(H3,37,38). The molecule has 1 aliphatic rings. The molecule has 1 heterocycles. The highest BCUT2D eigenvalue weighted by Crippen LogP contribution is 2.40. The van der Waals surface area contributed by atoms with Crippen molar-refractivity contribution in [2.24, 2.45) is 5.73 Å². The Hall–Kier alpha value is -4.54. The summed E-state index contributed by atoms with van der Waals surface area (Å²) >= 11 is 0. The predicted octanol–water partition coefficient (Wildman–Crippen LogP) is 6.07. The van der Waals surface area contributed by atoms with Gasteiger partial charge in [0.2, 0.25) is 0 Å². The van der Waals surface area contributed by atoms with Gasteiger partial charge in [-0.2, -0.15) is 13.2 Å². The van der Waals surface area contributed by atoms with E-state index in [0.717, 1.165) is 22.8 Å². The van der Waals surface area contributed by atoms with Gasteiger partial charge in [-0.1, -0.05) is 36.4 Å². The van der Waals surface area contributed by atoms with E-state index in [2.05, 4.69) is 0 Å². The number of halogens is 3. The molecule has 1 aliphatic heterocycles. The van der Waals surface area contributed by atoms with Gasteiger partial charge in [-0.05, 0) is 60.9 Å². The zero-order chi connectivity index (χ0) is 31.1. The maximum Gasteiger partial charge on any atom is 0.420 e. The molecular weight excluding hydrogens is 559 g/mol. The molecule has 1 fully saturated rings. The molecule has 228 valence electrons. The average Bonchev–Trinajstić information content (AvgIpc) is 2.97. The van der Waals surface area contributed by atoms with Crippen molar-refractivity contribution in [3.63, 3.8) is 0 Å². The number of esters is 1. The first-order valence-corrected chi connectivity index (χ1v) is 14.1. The molecule has 8 nitrogen and oxygen atoms in total. The molecule has 0 radical (unpaired) electrons. The van der Waals surface area contributed by atoms with Crippen LogP contribution in [-0.2, 0) is 22.3 Å². The van der Waals surface area contributed by atoms with Crippen LogP contribution in [0.25, 0.3) is 11.1 Å². The van der Waals surface area contributed by atoms with Crippen molar-refractivity contribution < 1.29 is 27.4 Å². The van der Waals surface area contributed by atoms with Gasteiger partial charge in [0.05, 0.1) is 18.0 Å². The zero-order valence-corrected chi connectivity index (χ0v) is 24.2. The zero-order valence-electron chi connectivity index (χ0n) is 24.2. The lowest BCUT2D eigenvalue weighted by Crippen LogP contribution is -2.40. The molecule has 43 heavy (non-hydrogen) atoms. The molecule has 3 aromatic carbocycles. The topological polar surface area (TPSA) is 116 Å². The normalized spacial score (nSPS) is 13.8.